The van der Waals surface area contributed by atoms with Crippen LogP contribution in [0.15, 0.2) is 54.9 Å². The Morgan fingerprint density at radius 3 is 2.51 bits per heavy atom. The normalized spacial score (nSPS) is 12.8. The van der Waals surface area contributed by atoms with Crippen molar-refractivity contribution < 1.29 is 27.8 Å². The van der Waals surface area contributed by atoms with E-state index in [2.05, 4.69) is 20.3 Å². The standard InChI is InChI=1S/C28H30F3N5O3/c1-16(18-10-19(12-20(32)11-18)28(30,31)27(3,4)37)34-26-22-13-25(23(29)14-24(22)35-17(2)36-26)39-9-8-38-21-6-5-7-33-15-21/h5-7,10-16,37H,8-9,32H2,1-4H3,(H,34,35,36)/t16-/m1/s1. The average molecular weight is 542 g/mol. The Hall–Kier alpha value is -4.12. The molecule has 2 heterocycles. The number of halogens is 3. The van der Waals surface area contributed by atoms with Crippen molar-refractivity contribution >= 4 is 22.4 Å². The molecule has 0 fully saturated rings. The summed E-state index contributed by atoms with van der Waals surface area (Å²) >= 11 is 0. The Labute approximate surface area is 224 Å². The zero-order valence-electron chi connectivity index (χ0n) is 22.0. The minimum atomic E-state index is -3.54. The van der Waals surface area contributed by atoms with E-state index < -0.39 is 28.9 Å². The highest BCUT2D eigenvalue weighted by molar-refractivity contribution is 5.90. The smallest absolute Gasteiger partial charge is 0.300 e. The van der Waals surface area contributed by atoms with Crippen LogP contribution in [0.4, 0.5) is 24.7 Å². The number of ether oxygens (including phenoxy) is 2. The molecular weight excluding hydrogens is 511 g/mol. The fourth-order valence-corrected chi connectivity index (χ4v) is 3.96. The van der Waals surface area contributed by atoms with Crippen molar-refractivity contribution in [2.45, 2.75) is 45.3 Å². The zero-order valence-corrected chi connectivity index (χ0v) is 22.0. The van der Waals surface area contributed by atoms with Gasteiger partial charge in [0.05, 0.1) is 17.8 Å². The summed E-state index contributed by atoms with van der Waals surface area (Å²) in [6, 6.07) is 9.67. The number of aliphatic hydroxyl groups is 1. The first-order valence-electron chi connectivity index (χ1n) is 12.3. The van der Waals surface area contributed by atoms with E-state index in [-0.39, 0.29) is 24.7 Å². The SMILES string of the molecule is Cc1nc(N[C@H](C)c2cc(N)cc(C(F)(F)C(C)(C)O)c2)c2cc(OCCOc3cccnc3)c(F)cc2n1. The van der Waals surface area contributed by atoms with Crippen LogP contribution >= 0.6 is 0 Å². The molecule has 0 aliphatic rings. The highest BCUT2D eigenvalue weighted by atomic mass is 19.3. The van der Waals surface area contributed by atoms with Crippen LogP contribution in [0.25, 0.3) is 10.9 Å². The number of alkyl halides is 2. The van der Waals surface area contributed by atoms with Gasteiger partial charge in [-0.05, 0) is 69.7 Å². The van der Waals surface area contributed by atoms with Crippen molar-refractivity contribution in [2.24, 2.45) is 0 Å². The number of rotatable bonds is 10. The summed E-state index contributed by atoms with van der Waals surface area (Å²) < 4.78 is 55.7. The van der Waals surface area contributed by atoms with Gasteiger partial charge in [0.25, 0.3) is 0 Å². The highest BCUT2D eigenvalue weighted by Crippen LogP contribution is 2.40. The zero-order chi connectivity index (χ0) is 28.4. The second-order valence-corrected chi connectivity index (χ2v) is 9.69. The van der Waals surface area contributed by atoms with Crippen LogP contribution in [0.3, 0.4) is 0 Å². The maximum Gasteiger partial charge on any atom is 0.300 e. The van der Waals surface area contributed by atoms with Gasteiger partial charge in [0.2, 0.25) is 0 Å². The lowest BCUT2D eigenvalue weighted by atomic mass is 9.91. The van der Waals surface area contributed by atoms with E-state index in [1.54, 1.807) is 44.4 Å². The summed E-state index contributed by atoms with van der Waals surface area (Å²) in [5.74, 6) is -2.85. The summed E-state index contributed by atoms with van der Waals surface area (Å²) in [5, 5.41) is 13.7. The van der Waals surface area contributed by atoms with Crippen LogP contribution in [-0.2, 0) is 5.92 Å². The second kappa shape index (κ2) is 10.9. The van der Waals surface area contributed by atoms with E-state index >= 15 is 0 Å². The molecule has 8 nitrogen and oxygen atoms in total. The van der Waals surface area contributed by atoms with Gasteiger partial charge in [-0.1, -0.05) is 0 Å². The van der Waals surface area contributed by atoms with Gasteiger partial charge >= 0.3 is 5.92 Å². The summed E-state index contributed by atoms with van der Waals surface area (Å²) in [5.41, 5.74) is 4.15. The van der Waals surface area contributed by atoms with Crippen molar-refractivity contribution in [2.75, 3.05) is 24.3 Å². The first-order chi connectivity index (χ1) is 18.3. The molecule has 39 heavy (non-hydrogen) atoms. The topological polar surface area (TPSA) is 115 Å². The summed E-state index contributed by atoms with van der Waals surface area (Å²) in [7, 11) is 0. The summed E-state index contributed by atoms with van der Waals surface area (Å²) in [4.78, 5) is 12.7. The van der Waals surface area contributed by atoms with Crippen molar-refractivity contribution in [1.82, 2.24) is 15.0 Å². The van der Waals surface area contributed by atoms with Gasteiger partial charge in [0.15, 0.2) is 11.6 Å². The summed E-state index contributed by atoms with van der Waals surface area (Å²) in [6.07, 6.45) is 3.19. The molecule has 2 aromatic heterocycles. The molecule has 0 bridgehead atoms. The van der Waals surface area contributed by atoms with E-state index in [9.17, 15) is 18.3 Å². The van der Waals surface area contributed by atoms with Crippen LogP contribution in [-0.4, -0.2) is 38.9 Å². The largest absolute Gasteiger partial charge is 0.488 e. The molecule has 0 amide bonds. The first-order valence-corrected chi connectivity index (χ1v) is 12.3. The first kappa shape index (κ1) is 27.9. The van der Waals surface area contributed by atoms with E-state index in [0.29, 0.717) is 33.9 Å². The molecule has 1 atom stereocenters. The van der Waals surface area contributed by atoms with Crippen molar-refractivity contribution in [1.29, 1.82) is 0 Å². The number of nitrogens with two attached hydrogens (primary N) is 1. The fraction of sp³-hybridized carbons (Fsp3) is 0.321. The maximum absolute atomic E-state index is 14.9. The van der Waals surface area contributed by atoms with Crippen LogP contribution in [0.1, 0.15) is 43.8 Å². The predicted molar refractivity (Wildman–Crippen MR) is 143 cm³/mol. The summed E-state index contributed by atoms with van der Waals surface area (Å²) in [6.45, 7) is 5.73. The Balaban J connectivity index is 1.58. The van der Waals surface area contributed by atoms with E-state index in [4.69, 9.17) is 15.2 Å². The third kappa shape index (κ3) is 6.31. The second-order valence-electron chi connectivity index (χ2n) is 9.69. The highest BCUT2D eigenvalue weighted by Gasteiger charge is 2.47. The molecule has 0 aliphatic carbocycles. The lowest BCUT2D eigenvalue weighted by molar-refractivity contribution is -0.168. The number of nitrogens with zero attached hydrogens (tertiary/aromatic N) is 3. The Morgan fingerprint density at radius 2 is 1.82 bits per heavy atom. The Bertz CT molecular complexity index is 1460. The average Bonchev–Trinajstić information content (AvgIpc) is 2.86. The van der Waals surface area contributed by atoms with Crippen LogP contribution in [0.2, 0.25) is 0 Å². The van der Waals surface area contributed by atoms with E-state index in [1.165, 1.54) is 18.2 Å². The molecule has 206 valence electrons. The lowest BCUT2D eigenvalue weighted by Gasteiger charge is -2.30. The Morgan fingerprint density at radius 1 is 1.08 bits per heavy atom. The molecule has 0 unspecified atom stereocenters. The third-order valence-corrected chi connectivity index (χ3v) is 6.07. The number of hydrogen-bond acceptors (Lipinski definition) is 8. The molecule has 4 aromatic rings. The number of benzene rings is 2. The number of nitrogen functional groups attached to an aromatic ring is 1. The number of anilines is 2. The monoisotopic (exact) mass is 541 g/mol. The molecule has 0 radical (unpaired) electrons. The van der Waals surface area contributed by atoms with Crippen LogP contribution in [0.5, 0.6) is 11.5 Å². The molecular formula is C28H30F3N5O3. The predicted octanol–water partition coefficient (Wildman–Crippen LogP) is 5.55. The minimum absolute atomic E-state index is 0.0171. The van der Waals surface area contributed by atoms with Crippen molar-refractivity contribution in [3.8, 4) is 11.5 Å². The molecule has 0 saturated carbocycles. The molecule has 0 aliphatic heterocycles. The Kier molecular flexibility index (Phi) is 7.82. The van der Waals surface area contributed by atoms with Gasteiger partial charge < -0.3 is 25.6 Å². The quantitative estimate of drug-likeness (QED) is 0.177. The molecule has 2 aromatic carbocycles. The maximum atomic E-state index is 14.9. The number of fused-ring (bicyclic) bond motifs is 1. The van der Waals surface area contributed by atoms with Crippen LogP contribution in [0, 0.1) is 12.7 Å². The number of aryl methyl sites for hydroxylation is 1. The molecule has 11 heteroatoms. The van der Waals surface area contributed by atoms with Gasteiger partial charge in [-0.3, -0.25) is 4.98 Å². The van der Waals surface area contributed by atoms with Crippen LogP contribution < -0.4 is 20.5 Å². The lowest BCUT2D eigenvalue weighted by Crippen LogP contribution is -2.40. The van der Waals surface area contributed by atoms with Crippen molar-refractivity contribution in [3.05, 3.63) is 77.6 Å². The van der Waals surface area contributed by atoms with E-state index in [0.717, 1.165) is 19.9 Å². The minimum Gasteiger partial charge on any atom is -0.488 e. The number of nitrogens with one attached hydrogen (secondary N) is 1. The van der Waals surface area contributed by atoms with Crippen molar-refractivity contribution in [3.63, 3.8) is 0 Å². The van der Waals surface area contributed by atoms with Gasteiger partial charge in [-0.25, -0.2) is 14.4 Å². The van der Waals surface area contributed by atoms with Gasteiger partial charge in [-0.15, -0.1) is 0 Å². The molecule has 4 N–H and O–H groups in total. The van der Waals surface area contributed by atoms with Gasteiger partial charge in [0, 0.05) is 28.9 Å². The number of hydrogen-bond donors (Lipinski definition) is 3. The fourth-order valence-electron chi connectivity index (χ4n) is 3.96. The van der Waals surface area contributed by atoms with Gasteiger partial charge in [-0.2, -0.15) is 8.78 Å². The number of pyridine rings is 1. The molecule has 0 saturated heterocycles. The number of aromatic nitrogens is 3. The van der Waals surface area contributed by atoms with Gasteiger partial charge in [0.1, 0.15) is 36.2 Å². The molecule has 0 spiro atoms. The van der Waals surface area contributed by atoms with E-state index in [1.807, 2.05) is 0 Å². The third-order valence-electron chi connectivity index (χ3n) is 6.07. The molecule has 4 rings (SSSR count).